The number of hydrogen-bond donors (Lipinski definition) is 1. The Labute approximate surface area is 123 Å². The molecule has 0 aliphatic carbocycles. The van der Waals surface area contributed by atoms with Crippen LogP contribution < -0.4 is 0 Å². The second kappa shape index (κ2) is 5.35. The molecular weight excluding hydrogens is 266 g/mol. The van der Waals surface area contributed by atoms with Crippen molar-refractivity contribution in [2.75, 3.05) is 6.26 Å². The first-order chi connectivity index (χ1) is 9.70. The molecule has 3 heteroatoms. The third-order valence-corrected chi connectivity index (χ3v) is 4.44. The first-order valence-corrected chi connectivity index (χ1v) is 7.79. The van der Waals surface area contributed by atoms with Crippen molar-refractivity contribution in [1.29, 1.82) is 0 Å². The molecule has 1 N–H and O–H groups in total. The number of aryl methyl sites for hydroxylation is 1. The third-order valence-electron chi connectivity index (χ3n) is 3.70. The van der Waals surface area contributed by atoms with Crippen LogP contribution in [0.15, 0.2) is 59.5 Å². The highest BCUT2D eigenvalue weighted by molar-refractivity contribution is 7.98. The Hall–Kier alpha value is -1.71. The van der Waals surface area contributed by atoms with Crippen molar-refractivity contribution in [3.05, 3.63) is 65.9 Å². The molecule has 0 saturated heterocycles. The lowest BCUT2D eigenvalue weighted by atomic mass is 10.1. The summed E-state index contributed by atoms with van der Waals surface area (Å²) < 4.78 is 2.06. The van der Waals surface area contributed by atoms with Crippen LogP contribution in [-0.4, -0.2) is 15.9 Å². The van der Waals surface area contributed by atoms with Crippen molar-refractivity contribution in [2.45, 2.75) is 11.0 Å². The number of aromatic nitrogens is 1. The Balaban J connectivity index is 2.02. The van der Waals surface area contributed by atoms with E-state index >= 15 is 0 Å². The molecule has 3 aromatic rings. The number of fused-ring (bicyclic) bond motifs is 1. The highest BCUT2D eigenvalue weighted by Gasteiger charge is 2.15. The van der Waals surface area contributed by atoms with Crippen LogP contribution in [0.3, 0.4) is 0 Å². The number of rotatable bonds is 3. The zero-order chi connectivity index (χ0) is 14.1. The van der Waals surface area contributed by atoms with Crippen molar-refractivity contribution in [1.82, 2.24) is 4.57 Å². The number of thioether (sulfide) groups is 1. The minimum atomic E-state index is -0.594. The molecule has 0 radical (unpaired) electrons. The van der Waals surface area contributed by atoms with Crippen LogP contribution >= 0.6 is 11.8 Å². The molecule has 0 aliphatic heterocycles. The zero-order valence-electron chi connectivity index (χ0n) is 11.6. The summed E-state index contributed by atoms with van der Waals surface area (Å²) >= 11 is 1.71. The lowest BCUT2D eigenvalue weighted by Crippen LogP contribution is -2.05. The van der Waals surface area contributed by atoms with Crippen molar-refractivity contribution in [3.8, 4) is 0 Å². The molecule has 0 aliphatic rings. The van der Waals surface area contributed by atoms with Crippen LogP contribution in [0, 0.1) is 0 Å². The minimum Gasteiger partial charge on any atom is -0.382 e. The fourth-order valence-electron chi connectivity index (χ4n) is 2.53. The molecule has 0 spiro atoms. The number of nitrogens with zero attached hydrogens (tertiary/aromatic N) is 1. The van der Waals surface area contributed by atoms with E-state index in [4.69, 9.17) is 0 Å². The molecule has 3 rings (SSSR count). The van der Waals surface area contributed by atoms with Crippen molar-refractivity contribution in [2.24, 2.45) is 7.05 Å². The van der Waals surface area contributed by atoms with E-state index in [0.717, 1.165) is 22.2 Å². The maximum atomic E-state index is 10.6. The van der Waals surface area contributed by atoms with Crippen LogP contribution in [0.4, 0.5) is 0 Å². The Morgan fingerprint density at radius 2 is 1.75 bits per heavy atom. The number of para-hydroxylation sites is 1. The van der Waals surface area contributed by atoms with E-state index in [2.05, 4.69) is 29.0 Å². The van der Waals surface area contributed by atoms with Gasteiger partial charge in [-0.3, -0.25) is 0 Å². The number of aliphatic hydroxyl groups is 1. The summed E-state index contributed by atoms with van der Waals surface area (Å²) in [6.45, 7) is 0. The molecule has 2 aromatic carbocycles. The largest absolute Gasteiger partial charge is 0.382 e. The van der Waals surface area contributed by atoms with E-state index in [-0.39, 0.29) is 0 Å². The van der Waals surface area contributed by atoms with E-state index < -0.39 is 6.10 Å². The zero-order valence-corrected chi connectivity index (χ0v) is 12.4. The highest BCUT2D eigenvalue weighted by atomic mass is 32.2. The fourth-order valence-corrected chi connectivity index (χ4v) is 2.94. The van der Waals surface area contributed by atoms with Gasteiger partial charge in [-0.25, -0.2) is 0 Å². The summed E-state index contributed by atoms with van der Waals surface area (Å²) in [4.78, 5) is 1.21. The standard InChI is InChI=1S/C17H17NOS/c1-18-15-6-4-3-5-13(15)11-16(18)17(19)12-7-9-14(20-2)10-8-12/h3-11,17,19H,1-2H3. The van der Waals surface area contributed by atoms with Gasteiger partial charge < -0.3 is 9.67 Å². The maximum Gasteiger partial charge on any atom is 0.119 e. The van der Waals surface area contributed by atoms with Gasteiger partial charge in [0.2, 0.25) is 0 Å². The molecule has 2 nitrogen and oxygen atoms in total. The van der Waals surface area contributed by atoms with Gasteiger partial charge in [-0.15, -0.1) is 11.8 Å². The highest BCUT2D eigenvalue weighted by Crippen LogP contribution is 2.28. The molecule has 0 amide bonds. The summed E-state index contributed by atoms with van der Waals surface area (Å²) in [5, 5.41) is 11.8. The summed E-state index contributed by atoms with van der Waals surface area (Å²) in [6.07, 6.45) is 1.46. The Bertz CT molecular complexity index is 730. The van der Waals surface area contributed by atoms with E-state index in [1.807, 2.05) is 43.4 Å². The molecule has 20 heavy (non-hydrogen) atoms. The van der Waals surface area contributed by atoms with E-state index in [9.17, 15) is 5.11 Å². The van der Waals surface area contributed by atoms with Crippen LogP contribution in [0.2, 0.25) is 0 Å². The van der Waals surface area contributed by atoms with Crippen molar-refractivity contribution >= 4 is 22.7 Å². The van der Waals surface area contributed by atoms with E-state index in [0.29, 0.717) is 0 Å². The smallest absolute Gasteiger partial charge is 0.119 e. The van der Waals surface area contributed by atoms with Gasteiger partial charge in [0.05, 0.1) is 5.69 Å². The van der Waals surface area contributed by atoms with Gasteiger partial charge in [0.1, 0.15) is 6.10 Å². The normalized spacial score (nSPS) is 12.8. The van der Waals surface area contributed by atoms with Crippen LogP contribution in [0.1, 0.15) is 17.4 Å². The third kappa shape index (κ3) is 2.23. The molecule has 1 heterocycles. The SMILES string of the molecule is CSc1ccc(C(O)c2cc3ccccc3n2C)cc1. The molecule has 1 aromatic heterocycles. The summed E-state index contributed by atoms with van der Waals surface area (Å²) in [7, 11) is 2.00. The summed E-state index contributed by atoms with van der Waals surface area (Å²) in [5.74, 6) is 0. The number of benzene rings is 2. The summed E-state index contributed by atoms with van der Waals surface area (Å²) in [6, 6.07) is 18.3. The van der Waals surface area contributed by atoms with E-state index in [1.165, 1.54) is 4.90 Å². The van der Waals surface area contributed by atoms with Gasteiger partial charge in [-0.05, 0) is 41.5 Å². The topological polar surface area (TPSA) is 25.2 Å². The maximum absolute atomic E-state index is 10.6. The second-order valence-corrected chi connectivity index (χ2v) is 5.74. The monoisotopic (exact) mass is 283 g/mol. The van der Waals surface area contributed by atoms with Gasteiger partial charge in [0.15, 0.2) is 0 Å². The predicted octanol–water partition coefficient (Wildman–Crippen LogP) is 3.98. The number of aliphatic hydroxyl groups excluding tert-OH is 1. The average Bonchev–Trinajstić information content (AvgIpc) is 2.84. The lowest BCUT2D eigenvalue weighted by molar-refractivity contribution is 0.212. The molecule has 1 atom stereocenters. The molecule has 1 unspecified atom stereocenters. The molecule has 102 valence electrons. The van der Waals surface area contributed by atoms with Crippen LogP contribution in [0.5, 0.6) is 0 Å². The molecule has 0 saturated carbocycles. The molecular formula is C17H17NOS. The lowest BCUT2D eigenvalue weighted by Gasteiger charge is -2.13. The first kappa shape index (κ1) is 13.3. The van der Waals surface area contributed by atoms with E-state index in [1.54, 1.807) is 11.8 Å². The Morgan fingerprint density at radius 1 is 1.05 bits per heavy atom. The Kier molecular flexibility index (Phi) is 3.55. The average molecular weight is 283 g/mol. The fraction of sp³-hybridized carbons (Fsp3) is 0.176. The minimum absolute atomic E-state index is 0.594. The predicted molar refractivity (Wildman–Crippen MR) is 85.2 cm³/mol. The second-order valence-electron chi connectivity index (χ2n) is 4.86. The first-order valence-electron chi connectivity index (χ1n) is 6.57. The van der Waals surface area contributed by atoms with Gasteiger partial charge in [-0.2, -0.15) is 0 Å². The Morgan fingerprint density at radius 3 is 2.40 bits per heavy atom. The quantitative estimate of drug-likeness (QED) is 0.735. The molecule has 0 fully saturated rings. The van der Waals surface area contributed by atoms with Crippen molar-refractivity contribution < 1.29 is 5.11 Å². The van der Waals surface area contributed by atoms with Gasteiger partial charge >= 0.3 is 0 Å². The van der Waals surface area contributed by atoms with Crippen molar-refractivity contribution in [3.63, 3.8) is 0 Å². The molecule has 0 bridgehead atoms. The van der Waals surface area contributed by atoms with Crippen LogP contribution in [-0.2, 0) is 7.05 Å². The summed E-state index contributed by atoms with van der Waals surface area (Å²) in [5.41, 5.74) is 2.99. The van der Waals surface area contributed by atoms with Gasteiger partial charge in [-0.1, -0.05) is 30.3 Å². The van der Waals surface area contributed by atoms with Crippen LogP contribution in [0.25, 0.3) is 10.9 Å². The van der Waals surface area contributed by atoms with Gasteiger partial charge in [0.25, 0.3) is 0 Å². The number of hydrogen-bond acceptors (Lipinski definition) is 2. The van der Waals surface area contributed by atoms with Gasteiger partial charge in [0, 0.05) is 17.5 Å².